The smallest absolute Gasteiger partial charge is 0.251 e. The Labute approximate surface area is 233 Å². The molecule has 3 heterocycles. The fourth-order valence-electron chi connectivity index (χ4n) is 6.45. The standard InChI is InChI=1S/C30H36FN7O2/c1-37-24-12-13-30(37,19-32-18-24)28(39)26(3-2-14-33-27-17-25(27)20-4-8-22(31)9-5-20)35-29(40)21-6-10-23(11-7-21)38-16-15-34-36-38/h4-11,15-16,24-27,32-33H,2-3,12-14,17-19H2,1H3,(H,35,40)/t24?,25-,26-,27+,30?/m0/s1. The quantitative estimate of drug-likeness (QED) is 0.318. The summed E-state index contributed by atoms with van der Waals surface area (Å²) in [6.07, 6.45) is 7.46. The summed E-state index contributed by atoms with van der Waals surface area (Å²) in [5.74, 6) is 0.0134. The normalized spacial score (nSPS) is 26.4. The Morgan fingerprint density at radius 3 is 2.73 bits per heavy atom. The zero-order valence-electron chi connectivity index (χ0n) is 22.7. The minimum absolute atomic E-state index is 0.0906. The maximum atomic E-state index is 14.1. The van der Waals surface area contributed by atoms with E-state index in [9.17, 15) is 14.0 Å². The van der Waals surface area contributed by atoms with Crippen LogP contribution in [0, 0.1) is 5.82 Å². The summed E-state index contributed by atoms with van der Waals surface area (Å²) in [6.45, 7) is 2.25. The van der Waals surface area contributed by atoms with E-state index in [1.807, 2.05) is 31.3 Å². The van der Waals surface area contributed by atoms with Crippen LogP contribution < -0.4 is 16.0 Å². The van der Waals surface area contributed by atoms with Gasteiger partial charge in [0.1, 0.15) is 5.82 Å². The number of likely N-dealkylation sites (N-methyl/N-ethyl adjacent to an activating group) is 1. The SMILES string of the molecule is CN1C2CCC1(C(=O)[C@H](CCCN[C@@H]1C[C@H]1c1ccc(F)cc1)NC(=O)c1ccc(-n3ccnn3)cc1)CNC2. The molecule has 1 saturated carbocycles. The van der Waals surface area contributed by atoms with Gasteiger partial charge in [0.25, 0.3) is 5.91 Å². The van der Waals surface area contributed by atoms with Gasteiger partial charge in [0.2, 0.25) is 0 Å². The number of carbonyl (C=O) groups is 2. The minimum atomic E-state index is -0.588. The largest absolute Gasteiger partial charge is 0.342 e. The topological polar surface area (TPSA) is 104 Å². The molecule has 9 nitrogen and oxygen atoms in total. The van der Waals surface area contributed by atoms with Crippen LogP contribution in [0.4, 0.5) is 4.39 Å². The van der Waals surface area contributed by atoms with Gasteiger partial charge < -0.3 is 16.0 Å². The van der Waals surface area contributed by atoms with E-state index in [1.165, 1.54) is 12.1 Å². The van der Waals surface area contributed by atoms with Crippen LogP contribution in [0.15, 0.2) is 60.9 Å². The second-order valence-electron chi connectivity index (χ2n) is 11.3. The Balaban J connectivity index is 1.10. The van der Waals surface area contributed by atoms with Crippen molar-refractivity contribution in [3.8, 4) is 5.69 Å². The third kappa shape index (κ3) is 5.31. The maximum absolute atomic E-state index is 14.1. The molecule has 3 fully saturated rings. The molecule has 1 amide bonds. The van der Waals surface area contributed by atoms with Gasteiger partial charge in [0.15, 0.2) is 5.78 Å². The molecule has 10 heteroatoms. The predicted molar refractivity (Wildman–Crippen MR) is 149 cm³/mol. The Morgan fingerprint density at radius 2 is 1.98 bits per heavy atom. The van der Waals surface area contributed by atoms with Gasteiger partial charge in [0.05, 0.1) is 29.7 Å². The minimum Gasteiger partial charge on any atom is -0.342 e. The third-order valence-electron chi connectivity index (χ3n) is 8.97. The Hall–Kier alpha value is -3.47. The summed E-state index contributed by atoms with van der Waals surface area (Å²) in [4.78, 5) is 29.7. The summed E-state index contributed by atoms with van der Waals surface area (Å²) < 4.78 is 14.9. The zero-order valence-corrected chi connectivity index (χ0v) is 22.7. The van der Waals surface area contributed by atoms with Crippen LogP contribution in [0.5, 0.6) is 0 Å². The van der Waals surface area contributed by atoms with Crippen LogP contribution in [0.1, 0.15) is 53.9 Å². The maximum Gasteiger partial charge on any atom is 0.251 e. The Morgan fingerprint density at radius 1 is 1.18 bits per heavy atom. The molecule has 2 unspecified atom stereocenters. The van der Waals surface area contributed by atoms with Crippen LogP contribution in [0.2, 0.25) is 0 Å². The average molecular weight is 546 g/mol. The number of aromatic nitrogens is 3. The van der Waals surface area contributed by atoms with Gasteiger partial charge in [-0.05, 0) is 87.7 Å². The molecule has 2 saturated heterocycles. The van der Waals surface area contributed by atoms with E-state index in [-0.39, 0.29) is 17.5 Å². The summed E-state index contributed by atoms with van der Waals surface area (Å²) in [5, 5.41) is 17.9. The lowest BCUT2D eigenvalue weighted by Gasteiger charge is -2.43. The van der Waals surface area contributed by atoms with Gasteiger partial charge in [-0.15, -0.1) is 5.10 Å². The summed E-state index contributed by atoms with van der Waals surface area (Å²) >= 11 is 0. The lowest BCUT2D eigenvalue weighted by molar-refractivity contribution is -0.132. The number of halogens is 1. The van der Waals surface area contributed by atoms with E-state index in [4.69, 9.17) is 0 Å². The summed E-state index contributed by atoms with van der Waals surface area (Å²) in [6, 6.07) is 14.0. The molecular weight excluding hydrogens is 509 g/mol. The number of hydrogen-bond donors (Lipinski definition) is 3. The summed E-state index contributed by atoms with van der Waals surface area (Å²) in [7, 11) is 2.04. The number of Topliss-reactive ketones (excluding diaryl/α,β-unsaturated/α-hetero) is 1. The first kappa shape index (κ1) is 26.7. The van der Waals surface area contributed by atoms with E-state index in [0.29, 0.717) is 36.5 Å². The molecule has 2 bridgehead atoms. The van der Waals surface area contributed by atoms with E-state index in [1.54, 1.807) is 29.2 Å². The van der Waals surface area contributed by atoms with Crippen molar-refractivity contribution in [1.82, 2.24) is 35.8 Å². The zero-order chi connectivity index (χ0) is 27.7. The van der Waals surface area contributed by atoms with Crippen molar-refractivity contribution in [3.05, 3.63) is 77.9 Å². The molecule has 3 aliphatic rings. The van der Waals surface area contributed by atoms with Crippen molar-refractivity contribution in [2.75, 3.05) is 26.7 Å². The average Bonchev–Trinajstić information content (AvgIpc) is 3.49. The van der Waals surface area contributed by atoms with Gasteiger partial charge in [-0.2, -0.15) is 0 Å². The van der Waals surface area contributed by atoms with Gasteiger partial charge in [-0.1, -0.05) is 17.3 Å². The van der Waals surface area contributed by atoms with E-state index >= 15 is 0 Å². The second kappa shape index (κ2) is 11.2. The van der Waals surface area contributed by atoms with Crippen LogP contribution in [-0.2, 0) is 4.79 Å². The lowest BCUT2D eigenvalue weighted by Crippen LogP contribution is -2.66. The molecule has 40 heavy (non-hydrogen) atoms. The molecule has 3 N–H and O–H groups in total. The summed E-state index contributed by atoms with van der Waals surface area (Å²) in [5.41, 5.74) is 1.86. The second-order valence-corrected chi connectivity index (χ2v) is 11.3. The fraction of sp³-hybridized carbons (Fsp3) is 0.467. The molecule has 5 atom stereocenters. The molecule has 0 spiro atoms. The lowest BCUT2D eigenvalue weighted by atomic mass is 9.84. The van der Waals surface area contributed by atoms with E-state index in [2.05, 4.69) is 31.2 Å². The highest BCUT2D eigenvalue weighted by Crippen LogP contribution is 2.41. The number of piperazine rings is 1. The number of fused-ring (bicyclic) bond motifs is 2. The number of ketones is 1. The van der Waals surface area contributed by atoms with E-state index < -0.39 is 11.6 Å². The molecule has 0 radical (unpaired) electrons. The number of rotatable bonds is 11. The van der Waals surface area contributed by atoms with Gasteiger partial charge in [-0.25, -0.2) is 9.07 Å². The predicted octanol–water partition coefficient (Wildman–Crippen LogP) is 2.44. The van der Waals surface area contributed by atoms with Crippen molar-refractivity contribution in [2.24, 2.45) is 0 Å². The van der Waals surface area contributed by atoms with Crippen molar-refractivity contribution in [3.63, 3.8) is 0 Å². The third-order valence-corrected chi connectivity index (χ3v) is 8.97. The van der Waals surface area contributed by atoms with E-state index in [0.717, 1.165) is 50.0 Å². The van der Waals surface area contributed by atoms with Crippen LogP contribution in [0.25, 0.3) is 5.69 Å². The number of benzene rings is 2. The van der Waals surface area contributed by atoms with Crippen LogP contribution in [0.3, 0.4) is 0 Å². The van der Waals surface area contributed by atoms with Crippen LogP contribution in [-0.4, -0.2) is 81.9 Å². The van der Waals surface area contributed by atoms with Crippen molar-refractivity contribution in [2.45, 2.75) is 61.7 Å². The number of nitrogens with zero attached hydrogens (tertiary/aromatic N) is 4. The molecular formula is C30H36FN7O2. The van der Waals surface area contributed by atoms with Crippen LogP contribution >= 0.6 is 0 Å². The molecule has 210 valence electrons. The first-order valence-corrected chi connectivity index (χ1v) is 14.2. The Bertz CT molecular complexity index is 1330. The molecule has 2 aromatic carbocycles. The number of hydrogen-bond acceptors (Lipinski definition) is 7. The highest BCUT2D eigenvalue weighted by molar-refractivity contribution is 6.01. The number of nitrogens with one attached hydrogen (secondary N) is 3. The van der Waals surface area contributed by atoms with Gasteiger partial charge in [0, 0.05) is 36.7 Å². The monoisotopic (exact) mass is 545 g/mol. The Kier molecular flexibility index (Phi) is 7.48. The first-order chi connectivity index (χ1) is 19.4. The van der Waals surface area contributed by atoms with Crippen molar-refractivity contribution < 1.29 is 14.0 Å². The highest BCUT2D eigenvalue weighted by Gasteiger charge is 2.53. The molecule has 2 aliphatic heterocycles. The van der Waals surface area contributed by atoms with Crippen molar-refractivity contribution >= 4 is 11.7 Å². The first-order valence-electron chi connectivity index (χ1n) is 14.2. The molecule has 6 rings (SSSR count). The van der Waals surface area contributed by atoms with Gasteiger partial charge >= 0.3 is 0 Å². The number of carbonyl (C=O) groups excluding carboxylic acids is 2. The molecule has 1 aliphatic carbocycles. The van der Waals surface area contributed by atoms with Gasteiger partial charge in [-0.3, -0.25) is 14.5 Å². The fourth-order valence-corrected chi connectivity index (χ4v) is 6.45. The molecule has 1 aromatic heterocycles. The molecule has 3 aromatic rings. The van der Waals surface area contributed by atoms with Crippen molar-refractivity contribution in [1.29, 1.82) is 0 Å². The number of amides is 1. The highest BCUT2D eigenvalue weighted by atomic mass is 19.1.